The first kappa shape index (κ1) is 21.3. The van der Waals surface area contributed by atoms with E-state index < -0.39 is 0 Å². The van der Waals surface area contributed by atoms with Gasteiger partial charge in [0.25, 0.3) is 12.4 Å². The number of carboxylic acid groups (broad SMARTS) is 1. The highest BCUT2D eigenvalue weighted by atomic mass is 16.5. The van der Waals surface area contributed by atoms with Gasteiger partial charge < -0.3 is 19.6 Å². The molecule has 0 bridgehead atoms. The Labute approximate surface area is 166 Å². The van der Waals surface area contributed by atoms with E-state index in [4.69, 9.17) is 14.6 Å². The minimum atomic E-state index is -0.250. The predicted molar refractivity (Wildman–Crippen MR) is 110 cm³/mol. The second kappa shape index (κ2) is 10.3. The summed E-state index contributed by atoms with van der Waals surface area (Å²) in [6, 6.07) is 16.1. The van der Waals surface area contributed by atoms with E-state index in [1.54, 1.807) is 7.11 Å². The van der Waals surface area contributed by atoms with Crippen molar-refractivity contribution in [2.45, 2.75) is 12.8 Å². The predicted octanol–water partition coefficient (Wildman–Crippen LogP) is 3.17. The van der Waals surface area contributed by atoms with Crippen LogP contribution in [0.3, 0.4) is 0 Å². The minimum Gasteiger partial charge on any atom is -0.497 e. The SMILES string of the molecule is COc1ccc(CC2CCN(C(=O)c3ccc(N(C)C)cc3)C2)cc1.O=CO. The van der Waals surface area contributed by atoms with Crippen molar-refractivity contribution in [3.05, 3.63) is 59.7 Å². The molecule has 28 heavy (non-hydrogen) atoms. The summed E-state index contributed by atoms with van der Waals surface area (Å²) < 4.78 is 5.20. The number of methoxy groups -OCH3 is 1. The maximum atomic E-state index is 12.7. The van der Waals surface area contributed by atoms with Crippen molar-refractivity contribution in [1.29, 1.82) is 0 Å². The van der Waals surface area contributed by atoms with Crippen LogP contribution in [0.25, 0.3) is 0 Å². The van der Waals surface area contributed by atoms with Crippen LogP contribution >= 0.6 is 0 Å². The van der Waals surface area contributed by atoms with Crippen molar-refractivity contribution >= 4 is 18.1 Å². The molecule has 3 rings (SSSR count). The van der Waals surface area contributed by atoms with Gasteiger partial charge in [-0.15, -0.1) is 0 Å². The molecule has 1 unspecified atom stereocenters. The summed E-state index contributed by atoms with van der Waals surface area (Å²) in [7, 11) is 5.68. The van der Waals surface area contributed by atoms with Crippen LogP contribution in [-0.2, 0) is 11.2 Å². The topological polar surface area (TPSA) is 70.1 Å². The summed E-state index contributed by atoms with van der Waals surface area (Å²) in [6.45, 7) is 1.43. The number of rotatable bonds is 5. The molecule has 2 aromatic rings. The monoisotopic (exact) mass is 384 g/mol. The summed E-state index contributed by atoms with van der Waals surface area (Å²) in [5.74, 6) is 1.55. The van der Waals surface area contributed by atoms with Crippen molar-refractivity contribution in [2.75, 3.05) is 39.2 Å². The average molecular weight is 384 g/mol. The van der Waals surface area contributed by atoms with E-state index in [1.807, 2.05) is 60.3 Å². The molecular formula is C22H28N2O4. The number of ether oxygens (including phenoxy) is 1. The molecule has 0 aromatic heterocycles. The number of hydrogen-bond donors (Lipinski definition) is 1. The number of benzene rings is 2. The molecule has 1 saturated heterocycles. The Hall–Kier alpha value is -3.02. The quantitative estimate of drug-likeness (QED) is 0.802. The number of carbonyl (C=O) groups is 2. The fourth-order valence-corrected chi connectivity index (χ4v) is 3.36. The van der Waals surface area contributed by atoms with Gasteiger partial charge in [-0.2, -0.15) is 0 Å². The van der Waals surface area contributed by atoms with Crippen LogP contribution in [0.1, 0.15) is 22.3 Å². The fourth-order valence-electron chi connectivity index (χ4n) is 3.36. The molecule has 1 aliphatic rings. The van der Waals surface area contributed by atoms with Gasteiger partial charge in [-0.1, -0.05) is 12.1 Å². The van der Waals surface area contributed by atoms with Gasteiger partial charge in [0.15, 0.2) is 0 Å². The van der Waals surface area contributed by atoms with Crippen molar-refractivity contribution in [1.82, 2.24) is 4.90 Å². The highest BCUT2D eigenvalue weighted by molar-refractivity contribution is 5.94. The standard InChI is InChI=1S/C21H26N2O2.CH2O2/c1-22(2)19-8-6-18(7-9-19)21(24)23-13-12-17(15-23)14-16-4-10-20(25-3)11-5-16;2-1-3/h4-11,17H,12-15H2,1-3H3;1H,(H,2,3). The summed E-state index contributed by atoms with van der Waals surface area (Å²) in [5, 5.41) is 6.89. The third kappa shape index (κ3) is 5.74. The molecule has 0 radical (unpaired) electrons. The molecule has 0 saturated carbocycles. The molecule has 1 aliphatic heterocycles. The van der Waals surface area contributed by atoms with Gasteiger partial charge in [0, 0.05) is 38.4 Å². The Morgan fingerprint density at radius 1 is 1.18 bits per heavy atom. The number of carbonyl (C=O) groups excluding carboxylic acids is 1. The molecule has 6 nitrogen and oxygen atoms in total. The number of nitrogens with zero attached hydrogens (tertiary/aromatic N) is 2. The van der Waals surface area contributed by atoms with Gasteiger partial charge in [0.2, 0.25) is 0 Å². The van der Waals surface area contributed by atoms with Crippen LogP contribution in [0, 0.1) is 5.92 Å². The first-order chi connectivity index (χ1) is 13.5. The Morgan fingerprint density at radius 3 is 2.32 bits per heavy atom. The van der Waals surface area contributed by atoms with E-state index in [0.717, 1.165) is 42.9 Å². The largest absolute Gasteiger partial charge is 0.497 e. The fraction of sp³-hybridized carbons (Fsp3) is 0.364. The van der Waals surface area contributed by atoms with Crippen LogP contribution in [0.4, 0.5) is 5.69 Å². The Morgan fingerprint density at radius 2 is 1.79 bits per heavy atom. The van der Waals surface area contributed by atoms with Crippen LogP contribution in [0.5, 0.6) is 5.75 Å². The van der Waals surface area contributed by atoms with Crippen molar-refractivity contribution in [3.8, 4) is 5.75 Å². The molecule has 1 atom stereocenters. The van der Waals surface area contributed by atoms with Crippen molar-refractivity contribution in [3.63, 3.8) is 0 Å². The van der Waals surface area contributed by atoms with Crippen LogP contribution < -0.4 is 9.64 Å². The third-order valence-electron chi connectivity index (χ3n) is 4.89. The van der Waals surface area contributed by atoms with Gasteiger partial charge in [-0.25, -0.2) is 0 Å². The van der Waals surface area contributed by atoms with E-state index in [-0.39, 0.29) is 12.4 Å². The lowest BCUT2D eigenvalue weighted by atomic mass is 9.99. The van der Waals surface area contributed by atoms with Gasteiger partial charge in [0.05, 0.1) is 7.11 Å². The highest BCUT2D eigenvalue weighted by Gasteiger charge is 2.27. The molecule has 6 heteroatoms. The number of hydrogen-bond acceptors (Lipinski definition) is 4. The van der Waals surface area contributed by atoms with Crippen LogP contribution in [-0.4, -0.2) is 56.7 Å². The molecule has 0 spiro atoms. The van der Waals surface area contributed by atoms with Crippen LogP contribution in [0.2, 0.25) is 0 Å². The maximum Gasteiger partial charge on any atom is 0.290 e. The second-order valence-electron chi connectivity index (χ2n) is 7.00. The van der Waals surface area contributed by atoms with E-state index in [0.29, 0.717) is 5.92 Å². The average Bonchev–Trinajstić information content (AvgIpc) is 3.17. The summed E-state index contributed by atoms with van der Waals surface area (Å²) in [6.07, 6.45) is 2.07. The maximum absolute atomic E-state index is 12.7. The van der Waals surface area contributed by atoms with Gasteiger partial charge >= 0.3 is 0 Å². The molecule has 1 amide bonds. The zero-order valence-electron chi connectivity index (χ0n) is 16.7. The zero-order chi connectivity index (χ0) is 20.5. The molecule has 1 N–H and O–H groups in total. The van der Waals surface area contributed by atoms with E-state index in [1.165, 1.54) is 5.56 Å². The normalized spacial score (nSPS) is 15.4. The van der Waals surface area contributed by atoms with Crippen LogP contribution in [0.15, 0.2) is 48.5 Å². The van der Waals surface area contributed by atoms with E-state index in [2.05, 4.69) is 12.1 Å². The van der Waals surface area contributed by atoms with Gasteiger partial charge in [0.1, 0.15) is 5.75 Å². The molecule has 1 heterocycles. The Bertz CT molecular complexity index is 757. The Balaban J connectivity index is 0.000000878. The molecule has 0 aliphatic carbocycles. The molecule has 150 valence electrons. The lowest BCUT2D eigenvalue weighted by molar-refractivity contribution is -0.122. The number of likely N-dealkylation sites (tertiary alicyclic amines) is 1. The first-order valence-electron chi connectivity index (χ1n) is 9.26. The molecule has 1 fully saturated rings. The number of anilines is 1. The summed E-state index contributed by atoms with van der Waals surface area (Å²) in [5.41, 5.74) is 3.18. The lowest BCUT2D eigenvalue weighted by Gasteiger charge is -2.18. The van der Waals surface area contributed by atoms with Gasteiger partial charge in [-0.3, -0.25) is 9.59 Å². The smallest absolute Gasteiger partial charge is 0.290 e. The molecule has 2 aromatic carbocycles. The van der Waals surface area contributed by atoms with Crippen molar-refractivity contribution in [2.24, 2.45) is 5.92 Å². The van der Waals surface area contributed by atoms with E-state index in [9.17, 15) is 4.79 Å². The van der Waals surface area contributed by atoms with Crippen molar-refractivity contribution < 1.29 is 19.4 Å². The highest BCUT2D eigenvalue weighted by Crippen LogP contribution is 2.24. The van der Waals surface area contributed by atoms with E-state index >= 15 is 0 Å². The zero-order valence-corrected chi connectivity index (χ0v) is 16.7. The molecular weight excluding hydrogens is 356 g/mol. The lowest BCUT2D eigenvalue weighted by Crippen LogP contribution is -2.29. The van der Waals surface area contributed by atoms with Gasteiger partial charge in [-0.05, 0) is 60.7 Å². The second-order valence-corrected chi connectivity index (χ2v) is 7.00. The summed E-state index contributed by atoms with van der Waals surface area (Å²) >= 11 is 0. The minimum absolute atomic E-state index is 0.141. The number of amides is 1. The first-order valence-corrected chi connectivity index (χ1v) is 9.26. The third-order valence-corrected chi connectivity index (χ3v) is 4.89. The summed E-state index contributed by atoms with van der Waals surface area (Å²) in [4.78, 5) is 25.1. The Kier molecular flexibility index (Phi) is 7.87.